The number of hydrogen-bond acceptors (Lipinski definition) is 5. The van der Waals surface area contributed by atoms with Gasteiger partial charge in [-0.25, -0.2) is 4.79 Å². The first-order valence-corrected chi connectivity index (χ1v) is 7.51. The van der Waals surface area contributed by atoms with Gasteiger partial charge in [0.05, 0.1) is 12.7 Å². The van der Waals surface area contributed by atoms with Crippen molar-refractivity contribution < 1.29 is 14.3 Å². The molecule has 2 aromatic rings. The van der Waals surface area contributed by atoms with E-state index in [2.05, 4.69) is 15.4 Å². The SMILES string of the molecule is COC(=O)c1ccc(NC=C(C#N)C(=O)NCc2ccccc2)cc1. The molecule has 126 valence electrons. The Bertz CT molecular complexity index is 806. The Hall–Kier alpha value is -3.59. The summed E-state index contributed by atoms with van der Waals surface area (Å²) in [7, 11) is 1.31. The molecule has 0 spiro atoms. The zero-order valence-electron chi connectivity index (χ0n) is 13.7. The third kappa shape index (κ3) is 5.22. The summed E-state index contributed by atoms with van der Waals surface area (Å²) >= 11 is 0. The molecule has 2 rings (SSSR count). The lowest BCUT2D eigenvalue weighted by Crippen LogP contribution is -2.24. The van der Waals surface area contributed by atoms with Crippen molar-refractivity contribution in [1.29, 1.82) is 5.26 Å². The van der Waals surface area contributed by atoms with Gasteiger partial charge in [0.2, 0.25) is 0 Å². The van der Waals surface area contributed by atoms with Crippen LogP contribution in [0.4, 0.5) is 5.69 Å². The first-order valence-electron chi connectivity index (χ1n) is 7.51. The number of esters is 1. The summed E-state index contributed by atoms with van der Waals surface area (Å²) < 4.78 is 4.62. The van der Waals surface area contributed by atoms with Gasteiger partial charge in [-0.05, 0) is 29.8 Å². The molecule has 25 heavy (non-hydrogen) atoms. The van der Waals surface area contributed by atoms with Crippen LogP contribution in [-0.2, 0) is 16.1 Å². The summed E-state index contributed by atoms with van der Waals surface area (Å²) in [5, 5.41) is 14.7. The molecular formula is C19H17N3O3. The van der Waals surface area contributed by atoms with Crippen molar-refractivity contribution in [2.45, 2.75) is 6.54 Å². The molecule has 0 saturated carbocycles. The lowest BCUT2D eigenvalue weighted by atomic mass is 10.2. The van der Waals surface area contributed by atoms with Gasteiger partial charge in [0.1, 0.15) is 11.6 Å². The second-order valence-corrected chi connectivity index (χ2v) is 5.05. The van der Waals surface area contributed by atoms with E-state index in [0.29, 0.717) is 17.8 Å². The molecule has 0 atom stereocenters. The van der Waals surface area contributed by atoms with Crippen LogP contribution >= 0.6 is 0 Å². The summed E-state index contributed by atoms with van der Waals surface area (Å²) in [6, 6.07) is 17.8. The maximum atomic E-state index is 12.0. The number of amides is 1. The monoisotopic (exact) mass is 335 g/mol. The molecule has 0 heterocycles. The van der Waals surface area contributed by atoms with Gasteiger partial charge in [-0.3, -0.25) is 4.79 Å². The van der Waals surface area contributed by atoms with Crippen molar-refractivity contribution in [1.82, 2.24) is 5.32 Å². The fourth-order valence-electron chi connectivity index (χ4n) is 2.00. The number of anilines is 1. The predicted molar refractivity (Wildman–Crippen MR) is 93.4 cm³/mol. The number of benzene rings is 2. The topological polar surface area (TPSA) is 91.2 Å². The normalized spacial score (nSPS) is 10.5. The highest BCUT2D eigenvalue weighted by Gasteiger charge is 2.08. The molecule has 0 fully saturated rings. The molecule has 0 aromatic heterocycles. The van der Waals surface area contributed by atoms with Crippen LogP contribution in [-0.4, -0.2) is 19.0 Å². The van der Waals surface area contributed by atoms with E-state index in [4.69, 9.17) is 5.26 Å². The van der Waals surface area contributed by atoms with Gasteiger partial charge in [-0.1, -0.05) is 30.3 Å². The summed E-state index contributed by atoms with van der Waals surface area (Å²) in [5.74, 6) is -0.898. The van der Waals surface area contributed by atoms with Crippen molar-refractivity contribution in [2.24, 2.45) is 0 Å². The fraction of sp³-hybridized carbons (Fsp3) is 0.105. The molecule has 0 aliphatic carbocycles. The van der Waals surface area contributed by atoms with Crippen LogP contribution in [0.3, 0.4) is 0 Å². The number of ether oxygens (including phenoxy) is 1. The second kappa shape index (κ2) is 8.89. The molecule has 0 bridgehead atoms. The van der Waals surface area contributed by atoms with Crippen molar-refractivity contribution in [2.75, 3.05) is 12.4 Å². The van der Waals surface area contributed by atoms with Crippen LogP contribution in [0.25, 0.3) is 0 Å². The Balaban J connectivity index is 1.96. The van der Waals surface area contributed by atoms with Gasteiger partial charge in [0.15, 0.2) is 0 Å². The summed E-state index contributed by atoms with van der Waals surface area (Å²) in [6.07, 6.45) is 1.33. The maximum absolute atomic E-state index is 12.0. The van der Waals surface area contributed by atoms with Gasteiger partial charge >= 0.3 is 5.97 Å². The highest BCUT2D eigenvalue weighted by atomic mass is 16.5. The Morgan fingerprint density at radius 3 is 2.40 bits per heavy atom. The molecule has 0 aliphatic heterocycles. The van der Waals surface area contributed by atoms with Crippen LogP contribution in [0.5, 0.6) is 0 Å². The van der Waals surface area contributed by atoms with Crippen LogP contribution in [0, 0.1) is 11.3 Å². The smallest absolute Gasteiger partial charge is 0.337 e. The lowest BCUT2D eigenvalue weighted by Gasteiger charge is -2.06. The van der Waals surface area contributed by atoms with Crippen LogP contribution in [0.1, 0.15) is 15.9 Å². The Morgan fingerprint density at radius 1 is 1.12 bits per heavy atom. The molecule has 0 radical (unpaired) electrons. The number of carbonyl (C=O) groups excluding carboxylic acids is 2. The summed E-state index contributed by atoms with van der Waals surface area (Å²) in [6.45, 7) is 0.340. The molecular weight excluding hydrogens is 318 g/mol. The number of nitrogens with zero attached hydrogens (tertiary/aromatic N) is 1. The van der Waals surface area contributed by atoms with E-state index in [9.17, 15) is 9.59 Å². The number of methoxy groups -OCH3 is 1. The molecule has 2 N–H and O–H groups in total. The minimum atomic E-state index is -0.468. The average Bonchev–Trinajstić information content (AvgIpc) is 2.67. The number of hydrogen-bond donors (Lipinski definition) is 2. The Labute approximate surface area is 145 Å². The number of nitrogens with one attached hydrogen (secondary N) is 2. The highest BCUT2D eigenvalue weighted by Crippen LogP contribution is 2.11. The van der Waals surface area contributed by atoms with Crippen molar-refractivity contribution in [3.63, 3.8) is 0 Å². The average molecular weight is 335 g/mol. The first kappa shape index (κ1) is 17.8. The third-order valence-corrected chi connectivity index (χ3v) is 3.35. The van der Waals surface area contributed by atoms with Crippen LogP contribution < -0.4 is 10.6 Å². The maximum Gasteiger partial charge on any atom is 0.337 e. The number of nitriles is 1. The molecule has 6 nitrogen and oxygen atoms in total. The molecule has 6 heteroatoms. The van der Waals surface area contributed by atoms with E-state index >= 15 is 0 Å². The first-order chi connectivity index (χ1) is 12.1. The minimum Gasteiger partial charge on any atom is -0.465 e. The van der Waals surface area contributed by atoms with Gasteiger partial charge in [0, 0.05) is 18.4 Å². The predicted octanol–water partition coefficient (Wildman–Crippen LogP) is 2.61. The van der Waals surface area contributed by atoms with Crippen LogP contribution in [0.2, 0.25) is 0 Å². The van der Waals surface area contributed by atoms with Crippen molar-refractivity contribution in [3.05, 3.63) is 77.5 Å². The fourth-order valence-corrected chi connectivity index (χ4v) is 2.00. The van der Waals surface area contributed by atoms with E-state index in [0.717, 1.165) is 5.56 Å². The third-order valence-electron chi connectivity index (χ3n) is 3.35. The Kier molecular flexibility index (Phi) is 6.32. The van der Waals surface area contributed by atoms with Crippen molar-refractivity contribution in [3.8, 4) is 6.07 Å². The van der Waals surface area contributed by atoms with E-state index in [1.54, 1.807) is 24.3 Å². The summed E-state index contributed by atoms with van der Waals surface area (Å²) in [5.41, 5.74) is 1.95. The summed E-state index contributed by atoms with van der Waals surface area (Å²) in [4.78, 5) is 23.4. The van der Waals surface area contributed by atoms with Gasteiger partial charge in [-0.15, -0.1) is 0 Å². The number of carbonyl (C=O) groups is 2. The number of rotatable bonds is 6. The van der Waals surface area contributed by atoms with Gasteiger partial charge in [0.25, 0.3) is 5.91 Å². The highest BCUT2D eigenvalue weighted by molar-refractivity contribution is 5.97. The zero-order chi connectivity index (χ0) is 18.1. The largest absolute Gasteiger partial charge is 0.465 e. The van der Waals surface area contributed by atoms with E-state index in [-0.39, 0.29) is 5.57 Å². The molecule has 0 aliphatic rings. The molecule has 2 aromatic carbocycles. The Morgan fingerprint density at radius 2 is 1.80 bits per heavy atom. The zero-order valence-corrected chi connectivity index (χ0v) is 13.7. The molecule has 0 unspecified atom stereocenters. The lowest BCUT2D eigenvalue weighted by molar-refractivity contribution is -0.117. The van der Waals surface area contributed by atoms with E-state index in [1.807, 2.05) is 36.4 Å². The van der Waals surface area contributed by atoms with Crippen molar-refractivity contribution >= 4 is 17.6 Å². The second-order valence-electron chi connectivity index (χ2n) is 5.05. The standard InChI is InChI=1S/C19H17N3O3/c1-25-19(24)15-7-9-17(10-8-15)21-13-16(11-20)18(23)22-12-14-5-3-2-4-6-14/h2-10,13,21H,12H2,1H3,(H,22,23). The minimum absolute atomic E-state index is 0.0482. The quantitative estimate of drug-likeness (QED) is 0.481. The van der Waals surface area contributed by atoms with E-state index in [1.165, 1.54) is 13.3 Å². The molecule has 1 amide bonds. The van der Waals surface area contributed by atoms with E-state index < -0.39 is 11.9 Å². The van der Waals surface area contributed by atoms with Crippen LogP contribution in [0.15, 0.2) is 66.4 Å². The molecule has 0 saturated heterocycles. The van der Waals surface area contributed by atoms with Gasteiger partial charge in [-0.2, -0.15) is 5.26 Å². The van der Waals surface area contributed by atoms with Gasteiger partial charge < -0.3 is 15.4 Å².